The monoisotopic (exact) mass is 250 g/mol. The molecule has 1 heterocycles. The van der Waals surface area contributed by atoms with E-state index in [1.165, 1.54) is 16.6 Å². The highest BCUT2D eigenvalue weighted by Crippen LogP contribution is 2.34. The van der Waals surface area contributed by atoms with Crippen molar-refractivity contribution < 1.29 is 0 Å². The van der Waals surface area contributed by atoms with Crippen molar-refractivity contribution in [2.45, 2.75) is 26.2 Å². The maximum absolute atomic E-state index is 6.10. The number of likely N-dealkylation sites (N-methyl/N-ethyl adjacent to an activating group) is 1. The number of H-pyrrole nitrogens is 1. The van der Waals surface area contributed by atoms with Crippen molar-refractivity contribution in [3.63, 3.8) is 0 Å². The molecule has 1 aromatic heterocycles. The lowest BCUT2D eigenvalue weighted by Crippen LogP contribution is -2.31. The molecule has 2 nitrogen and oxygen atoms in total. The van der Waals surface area contributed by atoms with E-state index in [0.29, 0.717) is 0 Å². The minimum atomic E-state index is 0.0851. The SMILES string of the molecule is CNCC(C)(C)c1c(C)[nH]c2ccc(Cl)cc12. The van der Waals surface area contributed by atoms with Crippen LogP contribution in [0.5, 0.6) is 0 Å². The molecule has 0 unspecified atom stereocenters. The van der Waals surface area contributed by atoms with Crippen LogP contribution in [-0.4, -0.2) is 18.6 Å². The van der Waals surface area contributed by atoms with E-state index in [-0.39, 0.29) is 5.41 Å². The van der Waals surface area contributed by atoms with Crippen LogP contribution in [-0.2, 0) is 5.41 Å². The van der Waals surface area contributed by atoms with Crippen molar-refractivity contribution in [1.29, 1.82) is 0 Å². The zero-order chi connectivity index (χ0) is 12.6. The first-order chi connectivity index (χ1) is 7.95. The topological polar surface area (TPSA) is 27.8 Å². The Morgan fingerprint density at radius 2 is 2.06 bits per heavy atom. The molecular formula is C14H19ClN2. The zero-order valence-electron chi connectivity index (χ0n) is 10.8. The lowest BCUT2D eigenvalue weighted by atomic mass is 9.82. The van der Waals surface area contributed by atoms with Gasteiger partial charge in [0.05, 0.1) is 0 Å². The third kappa shape index (κ3) is 2.20. The van der Waals surface area contributed by atoms with Gasteiger partial charge in [-0.2, -0.15) is 0 Å². The van der Waals surface area contributed by atoms with E-state index in [4.69, 9.17) is 11.6 Å². The summed E-state index contributed by atoms with van der Waals surface area (Å²) in [5, 5.41) is 5.28. The summed E-state index contributed by atoms with van der Waals surface area (Å²) in [7, 11) is 1.99. The van der Waals surface area contributed by atoms with Crippen molar-refractivity contribution in [2.75, 3.05) is 13.6 Å². The number of aryl methyl sites for hydroxylation is 1. The molecular weight excluding hydrogens is 232 g/mol. The van der Waals surface area contributed by atoms with E-state index < -0.39 is 0 Å². The summed E-state index contributed by atoms with van der Waals surface area (Å²) in [6, 6.07) is 6.02. The van der Waals surface area contributed by atoms with E-state index >= 15 is 0 Å². The highest BCUT2D eigenvalue weighted by Gasteiger charge is 2.25. The van der Waals surface area contributed by atoms with Crippen LogP contribution in [0.15, 0.2) is 18.2 Å². The molecule has 2 N–H and O–H groups in total. The molecule has 0 radical (unpaired) electrons. The molecule has 92 valence electrons. The average molecular weight is 251 g/mol. The number of hydrogen-bond donors (Lipinski definition) is 2. The summed E-state index contributed by atoms with van der Waals surface area (Å²) in [6.45, 7) is 7.56. The fourth-order valence-corrected chi connectivity index (χ4v) is 2.87. The molecule has 0 aliphatic rings. The molecule has 0 fully saturated rings. The fraction of sp³-hybridized carbons (Fsp3) is 0.429. The summed E-state index contributed by atoms with van der Waals surface area (Å²) in [5.74, 6) is 0. The highest BCUT2D eigenvalue weighted by molar-refractivity contribution is 6.31. The molecule has 0 aliphatic carbocycles. The molecule has 0 aliphatic heterocycles. The van der Waals surface area contributed by atoms with Crippen molar-refractivity contribution in [3.8, 4) is 0 Å². The fourth-order valence-electron chi connectivity index (χ4n) is 2.70. The summed E-state index contributed by atoms with van der Waals surface area (Å²) in [6.07, 6.45) is 0. The Hall–Kier alpha value is -0.990. The molecule has 0 amide bonds. The van der Waals surface area contributed by atoms with Gasteiger partial charge in [0.15, 0.2) is 0 Å². The Kier molecular flexibility index (Phi) is 3.19. The number of rotatable bonds is 3. The van der Waals surface area contributed by atoms with Gasteiger partial charge in [-0.3, -0.25) is 0 Å². The van der Waals surface area contributed by atoms with Crippen LogP contribution >= 0.6 is 11.6 Å². The highest BCUT2D eigenvalue weighted by atomic mass is 35.5. The number of benzene rings is 1. The molecule has 0 spiro atoms. The second kappa shape index (κ2) is 4.35. The molecule has 1 aromatic carbocycles. The lowest BCUT2D eigenvalue weighted by molar-refractivity contribution is 0.495. The molecule has 0 saturated heterocycles. The van der Waals surface area contributed by atoms with Crippen molar-refractivity contribution in [1.82, 2.24) is 10.3 Å². The van der Waals surface area contributed by atoms with Crippen LogP contribution in [0.3, 0.4) is 0 Å². The van der Waals surface area contributed by atoms with E-state index in [1.807, 2.05) is 25.2 Å². The molecule has 3 heteroatoms. The number of aromatic nitrogens is 1. The zero-order valence-corrected chi connectivity index (χ0v) is 11.6. The van der Waals surface area contributed by atoms with Gasteiger partial charge >= 0.3 is 0 Å². The third-order valence-corrected chi connectivity index (χ3v) is 3.48. The summed E-state index contributed by atoms with van der Waals surface area (Å²) < 4.78 is 0. The Balaban J connectivity index is 2.67. The number of fused-ring (bicyclic) bond motifs is 1. The van der Waals surface area contributed by atoms with Crippen molar-refractivity contribution in [2.24, 2.45) is 0 Å². The van der Waals surface area contributed by atoms with Gasteiger partial charge in [-0.25, -0.2) is 0 Å². The van der Waals surface area contributed by atoms with E-state index in [9.17, 15) is 0 Å². The van der Waals surface area contributed by atoms with Crippen LogP contribution in [0.1, 0.15) is 25.1 Å². The van der Waals surface area contributed by atoms with Crippen LogP contribution in [0, 0.1) is 6.92 Å². The molecule has 2 rings (SSSR count). The van der Waals surface area contributed by atoms with Crippen LogP contribution in [0.25, 0.3) is 10.9 Å². The number of hydrogen-bond acceptors (Lipinski definition) is 1. The van der Waals surface area contributed by atoms with Gasteiger partial charge < -0.3 is 10.3 Å². The Labute approximate surface area is 107 Å². The minimum Gasteiger partial charge on any atom is -0.358 e. The Bertz CT molecular complexity index is 540. The van der Waals surface area contributed by atoms with E-state index in [1.54, 1.807) is 0 Å². The summed E-state index contributed by atoms with van der Waals surface area (Å²) in [5.41, 5.74) is 3.82. The largest absolute Gasteiger partial charge is 0.358 e. The van der Waals surface area contributed by atoms with Crippen LogP contribution < -0.4 is 5.32 Å². The van der Waals surface area contributed by atoms with E-state index in [0.717, 1.165) is 17.1 Å². The smallest absolute Gasteiger partial charge is 0.0460 e. The predicted octanol–water partition coefficient (Wildman–Crippen LogP) is 3.63. The minimum absolute atomic E-state index is 0.0851. The number of halogens is 1. The predicted molar refractivity (Wildman–Crippen MR) is 75.0 cm³/mol. The van der Waals surface area contributed by atoms with Gasteiger partial charge in [0, 0.05) is 33.6 Å². The molecule has 17 heavy (non-hydrogen) atoms. The second-order valence-corrected chi connectivity index (χ2v) is 5.67. The van der Waals surface area contributed by atoms with Crippen molar-refractivity contribution >= 4 is 22.5 Å². The normalized spacial score (nSPS) is 12.3. The molecule has 0 saturated carbocycles. The first-order valence-corrected chi connectivity index (χ1v) is 6.26. The Morgan fingerprint density at radius 1 is 1.35 bits per heavy atom. The molecule has 2 aromatic rings. The van der Waals surface area contributed by atoms with Gasteiger partial charge in [0.25, 0.3) is 0 Å². The summed E-state index contributed by atoms with van der Waals surface area (Å²) >= 11 is 6.10. The van der Waals surface area contributed by atoms with Gasteiger partial charge in [-0.05, 0) is 37.7 Å². The van der Waals surface area contributed by atoms with Gasteiger partial charge in [0.1, 0.15) is 0 Å². The van der Waals surface area contributed by atoms with Crippen LogP contribution in [0.4, 0.5) is 0 Å². The lowest BCUT2D eigenvalue weighted by Gasteiger charge is -2.25. The standard InChI is InChI=1S/C14H19ClN2/c1-9-13(14(2,3)8-16-4)11-7-10(15)5-6-12(11)17-9/h5-7,16-17H,8H2,1-4H3. The Morgan fingerprint density at radius 3 is 2.71 bits per heavy atom. The maximum atomic E-state index is 6.10. The molecule has 0 bridgehead atoms. The van der Waals surface area contributed by atoms with Crippen LogP contribution in [0.2, 0.25) is 5.02 Å². The number of nitrogens with one attached hydrogen (secondary N) is 2. The first kappa shape index (κ1) is 12.5. The quantitative estimate of drug-likeness (QED) is 0.856. The van der Waals surface area contributed by atoms with Gasteiger partial charge in [0.2, 0.25) is 0 Å². The second-order valence-electron chi connectivity index (χ2n) is 5.23. The van der Waals surface area contributed by atoms with Gasteiger partial charge in [-0.15, -0.1) is 0 Å². The average Bonchev–Trinajstić information content (AvgIpc) is 2.53. The van der Waals surface area contributed by atoms with Crippen molar-refractivity contribution in [3.05, 3.63) is 34.5 Å². The maximum Gasteiger partial charge on any atom is 0.0460 e. The third-order valence-electron chi connectivity index (χ3n) is 3.24. The van der Waals surface area contributed by atoms with E-state index in [2.05, 4.69) is 31.1 Å². The summed E-state index contributed by atoms with van der Waals surface area (Å²) in [4.78, 5) is 3.43. The molecule has 0 atom stereocenters. The van der Waals surface area contributed by atoms with Gasteiger partial charge in [-0.1, -0.05) is 25.4 Å². The number of aromatic amines is 1. The first-order valence-electron chi connectivity index (χ1n) is 5.88.